The Morgan fingerprint density at radius 1 is 0.972 bits per heavy atom. The third-order valence-electron chi connectivity index (χ3n) is 5.64. The molecule has 0 bridgehead atoms. The lowest BCUT2D eigenvalue weighted by atomic mass is 10.1. The van der Waals surface area contributed by atoms with E-state index in [2.05, 4.69) is 16.0 Å². The molecule has 1 aromatic heterocycles. The van der Waals surface area contributed by atoms with Gasteiger partial charge >= 0.3 is 0 Å². The van der Waals surface area contributed by atoms with Crippen LogP contribution in [0.1, 0.15) is 46.7 Å². The van der Waals surface area contributed by atoms with Gasteiger partial charge in [0.2, 0.25) is 0 Å². The number of carbonyl (C=O) groups is 2. The van der Waals surface area contributed by atoms with Gasteiger partial charge in [-0.25, -0.2) is 0 Å². The summed E-state index contributed by atoms with van der Waals surface area (Å²) >= 11 is 5.30. The quantitative estimate of drug-likeness (QED) is 0.258. The minimum atomic E-state index is -0.335. The SMILES string of the molecule is CC[C@@H](C)Oc1ccc(C(=O)NC(=S)Nc2ccc(NC(=O)c3cc4ccccc4o3)c(C)c2)cc1. The van der Waals surface area contributed by atoms with Crippen molar-refractivity contribution in [2.75, 3.05) is 10.6 Å². The standard InChI is InChI=1S/C28H27N3O4S/c1-4-18(3)34-22-12-9-19(10-13-22)26(32)31-28(36)29-21-11-14-23(17(2)15-21)30-27(33)25-16-20-7-5-6-8-24(20)35-25/h5-16,18H,4H2,1-3H3,(H,30,33)(H2,29,31,32,36)/t18-/m1/s1. The first kappa shape index (κ1) is 24.9. The van der Waals surface area contributed by atoms with Gasteiger partial charge in [-0.3, -0.25) is 14.9 Å². The molecule has 0 saturated carbocycles. The van der Waals surface area contributed by atoms with E-state index in [0.29, 0.717) is 28.3 Å². The monoisotopic (exact) mass is 501 g/mol. The van der Waals surface area contributed by atoms with Crippen molar-refractivity contribution >= 4 is 51.5 Å². The van der Waals surface area contributed by atoms with Crippen molar-refractivity contribution in [2.45, 2.75) is 33.3 Å². The van der Waals surface area contributed by atoms with Gasteiger partial charge in [-0.05, 0) is 92.6 Å². The Hall–Kier alpha value is -4.17. The average molecular weight is 502 g/mol. The maximum absolute atomic E-state index is 12.6. The van der Waals surface area contributed by atoms with Crippen LogP contribution in [0.5, 0.6) is 5.75 Å². The van der Waals surface area contributed by atoms with E-state index < -0.39 is 0 Å². The second-order valence-electron chi connectivity index (χ2n) is 8.40. The summed E-state index contributed by atoms with van der Waals surface area (Å²) in [7, 11) is 0. The van der Waals surface area contributed by atoms with Gasteiger partial charge in [-0.2, -0.15) is 0 Å². The molecule has 3 aromatic carbocycles. The van der Waals surface area contributed by atoms with Crippen LogP contribution in [-0.2, 0) is 0 Å². The number of amides is 2. The summed E-state index contributed by atoms with van der Waals surface area (Å²) in [6.45, 7) is 5.91. The number of furan rings is 1. The Balaban J connectivity index is 1.33. The number of hydrogen-bond acceptors (Lipinski definition) is 5. The van der Waals surface area contributed by atoms with E-state index in [1.165, 1.54) is 0 Å². The van der Waals surface area contributed by atoms with Gasteiger partial charge < -0.3 is 19.8 Å². The second kappa shape index (κ2) is 11.0. The summed E-state index contributed by atoms with van der Waals surface area (Å²) in [5.74, 6) is 0.290. The molecule has 0 saturated heterocycles. The first-order valence-corrected chi connectivity index (χ1v) is 12.0. The van der Waals surface area contributed by atoms with Gasteiger partial charge in [0.1, 0.15) is 11.3 Å². The van der Waals surface area contributed by atoms with Crippen LogP contribution in [0.25, 0.3) is 11.0 Å². The van der Waals surface area contributed by atoms with E-state index in [0.717, 1.165) is 17.4 Å². The molecule has 7 nitrogen and oxygen atoms in total. The maximum atomic E-state index is 12.6. The van der Waals surface area contributed by atoms with Crippen LogP contribution < -0.4 is 20.7 Å². The fourth-order valence-corrected chi connectivity index (χ4v) is 3.71. The highest BCUT2D eigenvalue weighted by atomic mass is 32.1. The Morgan fingerprint density at radius 2 is 1.72 bits per heavy atom. The highest BCUT2D eigenvalue weighted by Gasteiger charge is 2.14. The summed E-state index contributed by atoms with van der Waals surface area (Å²) in [4.78, 5) is 25.2. The molecule has 3 N–H and O–H groups in total. The lowest BCUT2D eigenvalue weighted by molar-refractivity contribution is 0.0975. The zero-order valence-corrected chi connectivity index (χ0v) is 21.1. The molecule has 0 radical (unpaired) electrons. The summed E-state index contributed by atoms with van der Waals surface area (Å²) in [5.41, 5.74) is 3.26. The van der Waals surface area contributed by atoms with Crippen LogP contribution >= 0.6 is 12.2 Å². The summed E-state index contributed by atoms with van der Waals surface area (Å²) in [5, 5.41) is 9.58. The minimum Gasteiger partial charge on any atom is -0.491 e. The average Bonchev–Trinajstić information content (AvgIpc) is 3.30. The van der Waals surface area contributed by atoms with Gasteiger partial charge in [0.05, 0.1) is 6.10 Å². The Morgan fingerprint density at radius 3 is 2.42 bits per heavy atom. The Kier molecular flexibility index (Phi) is 7.65. The fraction of sp³-hybridized carbons (Fsp3) is 0.179. The number of ether oxygens (including phenoxy) is 1. The molecule has 1 atom stereocenters. The second-order valence-corrected chi connectivity index (χ2v) is 8.81. The first-order valence-electron chi connectivity index (χ1n) is 11.6. The third-order valence-corrected chi connectivity index (χ3v) is 5.84. The van der Waals surface area contributed by atoms with Gasteiger partial charge in [-0.15, -0.1) is 0 Å². The largest absolute Gasteiger partial charge is 0.491 e. The summed E-state index contributed by atoms with van der Waals surface area (Å²) in [6, 6.07) is 21.4. The maximum Gasteiger partial charge on any atom is 0.291 e. The normalized spacial score (nSPS) is 11.5. The number of carbonyl (C=O) groups excluding carboxylic acids is 2. The van der Waals surface area contributed by atoms with Crippen LogP contribution in [0.3, 0.4) is 0 Å². The Labute approximate surface area is 214 Å². The van der Waals surface area contributed by atoms with E-state index in [4.69, 9.17) is 21.4 Å². The van der Waals surface area contributed by atoms with Gasteiger partial charge in [0.15, 0.2) is 10.9 Å². The molecule has 0 aliphatic rings. The van der Waals surface area contributed by atoms with Crippen LogP contribution in [0.15, 0.2) is 77.2 Å². The summed E-state index contributed by atoms with van der Waals surface area (Å²) in [6.07, 6.45) is 1.01. The zero-order valence-electron chi connectivity index (χ0n) is 20.3. The van der Waals surface area contributed by atoms with Crippen molar-refractivity contribution in [2.24, 2.45) is 0 Å². The first-order chi connectivity index (χ1) is 17.3. The lowest BCUT2D eigenvalue weighted by Crippen LogP contribution is -2.34. The third kappa shape index (κ3) is 6.09. The van der Waals surface area contributed by atoms with Crippen LogP contribution in [0, 0.1) is 6.92 Å². The number of nitrogens with one attached hydrogen (secondary N) is 3. The molecule has 0 fully saturated rings. The van der Waals surface area contributed by atoms with E-state index >= 15 is 0 Å². The molecule has 4 aromatic rings. The molecule has 0 spiro atoms. The zero-order chi connectivity index (χ0) is 25.7. The molecule has 8 heteroatoms. The van der Waals surface area contributed by atoms with Crippen LogP contribution in [-0.4, -0.2) is 23.0 Å². The van der Waals surface area contributed by atoms with E-state index in [-0.39, 0.29) is 28.8 Å². The van der Waals surface area contributed by atoms with Gasteiger partial charge in [0, 0.05) is 22.3 Å². The topological polar surface area (TPSA) is 92.6 Å². The highest BCUT2D eigenvalue weighted by Crippen LogP contribution is 2.23. The number of thiocarbonyl (C=S) groups is 1. The van der Waals surface area contributed by atoms with E-state index in [1.54, 1.807) is 42.5 Å². The molecular weight excluding hydrogens is 474 g/mol. The molecule has 36 heavy (non-hydrogen) atoms. The molecule has 2 amide bonds. The molecule has 4 rings (SSSR count). The molecular formula is C28H27N3O4S. The van der Waals surface area contributed by atoms with Gasteiger partial charge in [0.25, 0.3) is 11.8 Å². The van der Waals surface area contributed by atoms with Crippen molar-refractivity contribution in [3.05, 3.63) is 89.7 Å². The number of anilines is 2. The minimum absolute atomic E-state index is 0.106. The number of rotatable bonds is 7. The molecule has 0 unspecified atom stereocenters. The predicted octanol–water partition coefficient (Wildman–Crippen LogP) is 6.30. The van der Waals surface area contributed by atoms with E-state index in [1.807, 2.05) is 51.1 Å². The molecule has 1 heterocycles. The van der Waals surface area contributed by atoms with Crippen molar-refractivity contribution in [3.8, 4) is 5.75 Å². The number of fused-ring (bicyclic) bond motifs is 1. The smallest absolute Gasteiger partial charge is 0.291 e. The van der Waals surface area contributed by atoms with Crippen LogP contribution in [0.2, 0.25) is 0 Å². The van der Waals surface area contributed by atoms with Crippen LogP contribution in [0.4, 0.5) is 11.4 Å². The van der Waals surface area contributed by atoms with Crippen molar-refractivity contribution < 1.29 is 18.7 Å². The summed E-state index contributed by atoms with van der Waals surface area (Å²) < 4.78 is 11.4. The van der Waals surface area contributed by atoms with Crippen molar-refractivity contribution in [3.63, 3.8) is 0 Å². The van der Waals surface area contributed by atoms with E-state index in [9.17, 15) is 9.59 Å². The Bertz CT molecular complexity index is 1380. The van der Waals surface area contributed by atoms with Crippen molar-refractivity contribution in [1.29, 1.82) is 0 Å². The molecule has 0 aliphatic carbocycles. The number of aryl methyl sites for hydroxylation is 1. The lowest BCUT2D eigenvalue weighted by Gasteiger charge is -2.14. The number of benzene rings is 3. The molecule has 0 aliphatic heterocycles. The number of hydrogen-bond donors (Lipinski definition) is 3. The molecule has 184 valence electrons. The van der Waals surface area contributed by atoms with Crippen molar-refractivity contribution in [1.82, 2.24) is 5.32 Å². The van der Waals surface area contributed by atoms with Gasteiger partial charge in [-0.1, -0.05) is 25.1 Å². The highest BCUT2D eigenvalue weighted by molar-refractivity contribution is 7.80. The number of para-hydroxylation sites is 1. The predicted molar refractivity (Wildman–Crippen MR) is 146 cm³/mol. The fourth-order valence-electron chi connectivity index (χ4n) is 3.50.